The maximum atomic E-state index is 12.4. The lowest BCUT2D eigenvalue weighted by atomic mass is 10.1. The van der Waals surface area contributed by atoms with E-state index in [0.29, 0.717) is 12.2 Å². The van der Waals surface area contributed by atoms with Gasteiger partial charge < -0.3 is 15.4 Å². The highest BCUT2D eigenvalue weighted by Crippen LogP contribution is 2.31. The van der Waals surface area contributed by atoms with Crippen molar-refractivity contribution in [3.63, 3.8) is 0 Å². The van der Waals surface area contributed by atoms with E-state index in [4.69, 9.17) is 4.74 Å². The zero-order chi connectivity index (χ0) is 17.1. The second-order valence-corrected chi connectivity index (χ2v) is 5.91. The summed E-state index contributed by atoms with van der Waals surface area (Å²) in [6, 6.07) is 25.3. The van der Waals surface area contributed by atoms with E-state index < -0.39 is 0 Å². The Morgan fingerprint density at radius 2 is 1.52 bits per heavy atom. The molecule has 3 aromatic rings. The fraction of sp³-hybridized carbons (Fsp3) is 0.0952. The Balaban J connectivity index is 1.58. The lowest BCUT2D eigenvalue weighted by Gasteiger charge is -2.29. The number of para-hydroxylation sites is 2. The fourth-order valence-corrected chi connectivity index (χ4v) is 2.95. The minimum Gasteiger partial charge on any atom is -0.488 e. The first-order valence-corrected chi connectivity index (χ1v) is 8.23. The molecule has 4 heteroatoms. The van der Waals surface area contributed by atoms with Gasteiger partial charge in [0.2, 0.25) is 0 Å². The molecule has 0 unspecified atom stereocenters. The molecule has 1 aliphatic heterocycles. The van der Waals surface area contributed by atoms with Crippen molar-refractivity contribution < 1.29 is 9.53 Å². The number of amides is 1. The Hall–Kier alpha value is -3.27. The number of fused-ring (bicyclic) bond motifs is 1. The molecular weight excluding hydrogens is 312 g/mol. The average Bonchev–Trinajstić information content (AvgIpc) is 2.67. The summed E-state index contributed by atoms with van der Waals surface area (Å²) < 4.78 is 6.01. The van der Waals surface area contributed by atoms with E-state index >= 15 is 0 Å². The van der Waals surface area contributed by atoms with Crippen LogP contribution in [0.3, 0.4) is 0 Å². The SMILES string of the molecule is O=C1N[C@H](c2ccccc2OCc2ccccc2)Nc2ccccc21. The number of rotatable bonds is 4. The van der Waals surface area contributed by atoms with E-state index in [9.17, 15) is 4.79 Å². The second kappa shape index (κ2) is 6.69. The molecule has 25 heavy (non-hydrogen) atoms. The number of carbonyl (C=O) groups is 1. The lowest BCUT2D eigenvalue weighted by molar-refractivity contribution is 0.0935. The molecule has 124 valence electrons. The van der Waals surface area contributed by atoms with Crippen LogP contribution in [0.25, 0.3) is 0 Å². The summed E-state index contributed by atoms with van der Waals surface area (Å²) >= 11 is 0. The van der Waals surface area contributed by atoms with Crippen LogP contribution in [0.4, 0.5) is 5.69 Å². The largest absolute Gasteiger partial charge is 0.488 e. The Morgan fingerprint density at radius 1 is 0.800 bits per heavy atom. The highest BCUT2D eigenvalue weighted by Gasteiger charge is 2.26. The van der Waals surface area contributed by atoms with Gasteiger partial charge >= 0.3 is 0 Å². The van der Waals surface area contributed by atoms with Gasteiger partial charge in [-0.3, -0.25) is 4.79 Å². The van der Waals surface area contributed by atoms with E-state index in [1.807, 2.05) is 78.9 Å². The molecule has 4 nitrogen and oxygen atoms in total. The van der Waals surface area contributed by atoms with Crippen molar-refractivity contribution in [2.45, 2.75) is 12.8 Å². The van der Waals surface area contributed by atoms with Crippen LogP contribution in [0.2, 0.25) is 0 Å². The average molecular weight is 330 g/mol. The number of benzene rings is 3. The first-order valence-electron chi connectivity index (χ1n) is 8.23. The summed E-state index contributed by atoms with van der Waals surface area (Å²) in [5.41, 5.74) is 3.49. The van der Waals surface area contributed by atoms with Gasteiger partial charge in [0.05, 0.1) is 5.56 Å². The maximum absolute atomic E-state index is 12.4. The van der Waals surface area contributed by atoms with Crippen molar-refractivity contribution in [2.75, 3.05) is 5.32 Å². The van der Waals surface area contributed by atoms with Crippen LogP contribution >= 0.6 is 0 Å². The smallest absolute Gasteiger partial charge is 0.255 e. The zero-order valence-corrected chi connectivity index (χ0v) is 13.6. The number of ether oxygens (including phenoxy) is 1. The summed E-state index contributed by atoms with van der Waals surface area (Å²) in [6.07, 6.45) is -0.325. The van der Waals surface area contributed by atoms with Crippen molar-refractivity contribution >= 4 is 11.6 Å². The van der Waals surface area contributed by atoms with Gasteiger partial charge in [0, 0.05) is 11.3 Å². The first kappa shape index (κ1) is 15.3. The van der Waals surface area contributed by atoms with Gasteiger partial charge in [-0.25, -0.2) is 0 Å². The van der Waals surface area contributed by atoms with Gasteiger partial charge in [-0.2, -0.15) is 0 Å². The summed E-state index contributed by atoms with van der Waals surface area (Å²) in [6.45, 7) is 0.481. The van der Waals surface area contributed by atoms with Crippen LogP contribution in [0.1, 0.15) is 27.7 Å². The topological polar surface area (TPSA) is 50.4 Å². The molecule has 0 saturated carbocycles. The first-order chi connectivity index (χ1) is 12.3. The third kappa shape index (κ3) is 3.19. The number of hydrogen-bond donors (Lipinski definition) is 2. The van der Waals surface area contributed by atoms with Crippen LogP contribution in [-0.4, -0.2) is 5.91 Å². The normalized spacial score (nSPS) is 15.7. The molecule has 1 aliphatic rings. The van der Waals surface area contributed by atoms with Gasteiger partial charge in [0.1, 0.15) is 18.5 Å². The molecule has 3 aromatic carbocycles. The molecule has 1 amide bonds. The van der Waals surface area contributed by atoms with Gasteiger partial charge in [-0.1, -0.05) is 60.7 Å². The molecule has 0 aromatic heterocycles. The number of anilines is 1. The molecule has 0 saturated heterocycles. The minimum atomic E-state index is -0.325. The third-order valence-electron chi connectivity index (χ3n) is 4.21. The van der Waals surface area contributed by atoms with Crippen LogP contribution < -0.4 is 15.4 Å². The summed E-state index contributed by atoms with van der Waals surface area (Å²) in [4.78, 5) is 12.4. The van der Waals surface area contributed by atoms with Crippen molar-refractivity contribution in [3.8, 4) is 5.75 Å². The van der Waals surface area contributed by atoms with E-state index in [0.717, 1.165) is 22.6 Å². The molecule has 0 radical (unpaired) electrons. The molecule has 0 fully saturated rings. The van der Waals surface area contributed by atoms with Crippen LogP contribution in [0, 0.1) is 0 Å². The van der Waals surface area contributed by atoms with Crippen LogP contribution in [-0.2, 0) is 6.61 Å². The highest BCUT2D eigenvalue weighted by atomic mass is 16.5. The van der Waals surface area contributed by atoms with Gasteiger partial charge in [0.25, 0.3) is 5.91 Å². The zero-order valence-electron chi connectivity index (χ0n) is 13.6. The highest BCUT2D eigenvalue weighted by molar-refractivity contribution is 6.01. The van der Waals surface area contributed by atoms with E-state index in [1.165, 1.54) is 0 Å². The standard InChI is InChI=1S/C21H18N2O2/c24-21-16-10-4-6-12-18(16)22-20(23-21)17-11-5-7-13-19(17)25-14-15-8-2-1-3-9-15/h1-13,20,22H,14H2,(H,23,24)/t20-/m1/s1. The predicted molar refractivity (Wildman–Crippen MR) is 97.5 cm³/mol. The van der Waals surface area contributed by atoms with Crippen molar-refractivity contribution in [1.82, 2.24) is 5.32 Å². The summed E-state index contributed by atoms with van der Waals surface area (Å²) in [5.74, 6) is 0.667. The molecule has 1 heterocycles. The van der Waals surface area contributed by atoms with Crippen molar-refractivity contribution in [3.05, 3.63) is 95.6 Å². The summed E-state index contributed by atoms with van der Waals surface area (Å²) in [7, 11) is 0. The summed E-state index contributed by atoms with van der Waals surface area (Å²) in [5, 5.41) is 6.37. The van der Waals surface area contributed by atoms with E-state index in [-0.39, 0.29) is 12.1 Å². The predicted octanol–water partition coefficient (Wildman–Crippen LogP) is 4.12. The maximum Gasteiger partial charge on any atom is 0.255 e. The molecule has 4 rings (SSSR count). The molecule has 0 spiro atoms. The molecule has 1 atom stereocenters. The van der Waals surface area contributed by atoms with Crippen LogP contribution in [0.15, 0.2) is 78.9 Å². The van der Waals surface area contributed by atoms with Gasteiger partial charge in [0.15, 0.2) is 0 Å². The Kier molecular flexibility index (Phi) is 4.09. The Labute approximate surface area is 146 Å². The Morgan fingerprint density at radius 3 is 2.40 bits per heavy atom. The third-order valence-corrected chi connectivity index (χ3v) is 4.21. The molecular formula is C21H18N2O2. The van der Waals surface area contributed by atoms with Crippen molar-refractivity contribution in [1.29, 1.82) is 0 Å². The van der Waals surface area contributed by atoms with Gasteiger partial charge in [-0.05, 0) is 23.8 Å². The second-order valence-electron chi connectivity index (χ2n) is 5.91. The number of hydrogen-bond acceptors (Lipinski definition) is 3. The van der Waals surface area contributed by atoms with Crippen LogP contribution in [0.5, 0.6) is 5.75 Å². The van der Waals surface area contributed by atoms with Crippen molar-refractivity contribution in [2.24, 2.45) is 0 Å². The molecule has 0 aliphatic carbocycles. The lowest BCUT2D eigenvalue weighted by Crippen LogP contribution is -2.38. The number of nitrogens with one attached hydrogen (secondary N) is 2. The monoisotopic (exact) mass is 330 g/mol. The molecule has 2 N–H and O–H groups in total. The number of carbonyl (C=O) groups excluding carboxylic acids is 1. The van der Waals surface area contributed by atoms with E-state index in [1.54, 1.807) is 0 Å². The quantitative estimate of drug-likeness (QED) is 0.756. The fourth-order valence-electron chi connectivity index (χ4n) is 2.95. The van der Waals surface area contributed by atoms with Gasteiger partial charge in [-0.15, -0.1) is 0 Å². The molecule has 0 bridgehead atoms. The Bertz CT molecular complexity index is 893. The minimum absolute atomic E-state index is 0.0859. The van der Waals surface area contributed by atoms with E-state index in [2.05, 4.69) is 10.6 Å².